The Bertz CT molecular complexity index is 387. The molecule has 1 aromatic heterocycles. The minimum Gasteiger partial charge on any atom is -0.370 e. The van der Waals surface area contributed by atoms with E-state index in [9.17, 15) is 0 Å². The van der Waals surface area contributed by atoms with Crippen LogP contribution in [0.2, 0.25) is 0 Å². The van der Waals surface area contributed by atoms with Crippen LogP contribution in [-0.4, -0.2) is 30.3 Å². The first-order valence-corrected chi connectivity index (χ1v) is 6.71. The predicted molar refractivity (Wildman–Crippen MR) is 68.4 cm³/mol. The molecule has 1 N–H and O–H groups in total. The van der Waals surface area contributed by atoms with Crippen molar-refractivity contribution in [3.8, 4) is 0 Å². The Balaban J connectivity index is 2.20. The number of hydrogen-bond acceptors (Lipinski definition) is 5. The molecule has 2 rings (SSSR count). The second-order valence-electron chi connectivity index (χ2n) is 5.18. The molecular formula is C13H23N3O2. The fraction of sp³-hybridized carbons (Fsp3) is 0.846. The van der Waals surface area contributed by atoms with Crippen LogP contribution in [0, 0.1) is 0 Å². The van der Waals surface area contributed by atoms with Gasteiger partial charge in [0.15, 0.2) is 0 Å². The van der Waals surface area contributed by atoms with Gasteiger partial charge in [-0.15, -0.1) is 0 Å². The van der Waals surface area contributed by atoms with Crippen molar-refractivity contribution in [2.45, 2.75) is 57.1 Å². The summed E-state index contributed by atoms with van der Waals surface area (Å²) < 4.78 is 11.0. The minimum atomic E-state index is -0.449. The largest absolute Gasteiger partial charge is 0.370 e. The summed E-state index contributed by atoms with van der Waals surface area (Å²) >= 11 is 0. The highest BCUT2D eigenvalue weighted by atomic mass is 16.5. The van der Waals surface area contributed by atoms with Crippen molar-refractivity contribution in [1.82, 2.24) is 15.5 Å². The molecular weight excluding hydrogens is 230 g/mol. The fourth-order valence-corrected chi connectivity index (χ4v) is 2.60. The highest BCUT2D eigenvalue weighted by Gasteiger charge is 2.35. The molecule has 1 aliphatic carbocycles. The molecule has 1 aromatic rings. The number of nitrogens with one attached hydrogen (secondary N) is 1. The van der Waals surface area contributed by atoms with E-state index in [1.807, 2.05) is 14.0 Å². The minimum absolute atomic E-state index is 0.342. The zero-order chi connectivity index (χ0) is 13.2. The molecule has 1 aliphatic rings. The first-order chi connectivity index (χ1) is 8.64. The lowest BCUT2D eigenvalue weighted by atomic mass is 10.0. The second-order valence-corrected chi connectivity index (χ2v) is 5.18. The Kier molecular flexibility index (Phi) is 4.02. The van der Waals surface area contributed by atoms with Gasteiger partial charge >= 0.3 is 0 Å². The summed E-state index contributed by atoms with van der Waals surface area (Å²) in [5, 5.41) is 7.43. The average molecular weight is 253 g/mol. The predicted octanol–water partition coefficient (Wildman–Crippen LogP) is 2.20. The van der Waals surface area contributed by atoms with Gasteiger partial charge in [-0.05, 0) is 33.2 Å². The summed E-state index contributed by atoms with van der Waals surface area (Å²) in [7, 11) is 3.68. The molecule has 102 valence electrons. The molecule has 1 fully saturated rings. The molecule has 1 heterocycles. The Morgan fingerprint density at radius 2 is 2.28 bits per heavy atom. The number of nitrogens with zero attached hydrogens (tertiary/aromatic N) is 2. The molecule has 5 nitrogen and oxygen atoms in total. The molecule has 3 unspecified atom stereocenters. The highest BCUT2D eigenvalue weighted by molar-refractivity contribution is 5.06. The van der Waals surface area contributed by atoms with Crippen LogP contribution in [-0.2, 0) is 10.3 Å². The Morgan fingerprint density at radius 1 is 1.50 bits per heavy atom. The third kappa shape index (κ3) is 2.29. The van der Waals surface area contributed by atoms with Crippen molar-refractivity contribution < 1.29 is 9.26 Å². The van der Waals surface area contributed by atoms with Gasteiger partial charge in [0, 0.05) is 13.2 Å². The number of likely N-dealkylation sites (N-methyl/N-ethyl adjacent to an activating group) is 1. The molecule has 0 saturated heterocycles. The van der Waals surface area contributed by atoms with Gasteiger partial charge in [0.05, 0.1) is 5.92 Å². The Hall–Kier alpha value is -0.940. The van der Waals surface area contributed by atoms with Gasteiger partial charge in [-0.25, -0.2) is 0 Å². The number of hydrogen-bond donors (Lipinski definition) is 1. The zero-order valence-corrected chi connectivity index (χ0v) is 11.7. The fourth-order valence-electron chi connectivity index (χ4n) is 2.60. The second kappa shape index (κ2) is 5.36. The van der Waals surface area contributed by atoms with Crippen LogP contribution in [0.1, 0.15) is 57.2 Å². The van der Waals surface area contributed by atoms with E-state index in [1.54, 1.807) is 7.11 Å². The van der Waals surface area contributed by atoms with Crippen molar-refractivity contribution in [3.63, 3.8) is 0 Å². The van der Waals surface area contributed by atoms with Crippen molar-refractivity contribution in [3.05, 3.63) is 11.7 Å². The maximum atomic E-state index is 5.50. The van der Waals surface area contributed by atoms with Gasteiger partial charge in [0.25, 0.3) is 0 Å². The Labute approximate surface area is 108 Å². The molecule has 0 radical (unpaired) electrons. The topological polar surface area (TPSA) is 60.2 Å². The van der Waals surface area contributed by atoms with Crippen molar-refractivity contribution in [2.75, 3.05) is 14.2 Å². The number of rotatable bonds is 5. The van der Waals surface area contributed by atoms with Gasteiger partial charge in [0.1, 0.15) is 5.60 Å². The van der Waals surface area contributed by atoms with Gasteiger partial charge in [-0.2, -0.15) is 4.98 Å². The quantitative estimate of drug-likeness (QED) is 0.871. The number of methoxy groups -OCH3 is 1. The third-order valence-electron chi connectivity index (χ3n) is 4.24. The van der Waals surface area contributed by atoms with E-state index in [0.717, 1.165) is 18.7 Å². The monoisotopic (exact) mass is 253 g/mol. The molecule has 18 heavy (non-hydrogen) atoms. The SMILES string of the molecule is CCC(C)(OC)c1noc(C2CCCC2NC)n1. The smallest absolute Gasteiger partial charge is 0.231 e. The zero-order valence-electron chi connectivity index (χ0n) is 11.7. The molecule has 0 aliphatic heterocycles. The van der Waals surface area contributed by atoms with Crippen molar-refractivity contribution in [1.29, 1.82) is 0 Å². The van der Waals surface area contributed by atoms with E-state index in [2.05, 4.69) is 22.4 Å². The maximum Gasteiger partial charge on any atom is 0.231 e. The van der Waals surface area contributed by atoms with Crippen LogP contribution >= 0.6 is 0 Å². The maximum absolute atomic E-state index is 5.50. The standard InChI is InChI=1S/C13H23N3O2/c1-5-13(2,17-4)12-15-11(18-16-12)9-7-6-8-10(9)14-3/h9-10,14H,5-8H2,1-4H3. The lowest BCUT2D eigenvalue weighted by Gasteiger charge is -2.22. The molecule has 0 spiro atoms. The van der Waals surface area contributed by atoms with Crippen LogP contribution in [0.15, 0.2) is 4.52 Å². The summed E-state index contributed by atoms with van der Waals surface area (Å²) in [6.07, 6.45) is 4.32. The van der Waals surface area contributed by atoms with Crippen LogP contribution in [0.3, 0.4) is 0 Å². The van der Waals surface area contributed by atoms with E-state index < -0.39 is 5.60 Å². The van der Waals surface area contributed by atoms with E-state index in [4.69, 9.17) is 9.26 Å². The lowest BCUT2D eigenvalue weighted by molar-refractivity contribution is -0.0106. The van der Waals surface area contributed by atoms with Crippen molar-refractivity contribution in [2.24, 2.45) is 0 Å². The van der Waals surface area contributed by atoms with Gasteiger partial charge in [-0.1, -0.05) is 18.5 Å². The van der Waals surface area contributed by atoms with E-state index in [1.165, 1.54) is 12.8 Å². The number of aromatic nitrogens is 2. The molecule has 5 heteroatoms. The lowest BCUT2D eigenvalue weighted by Crippen LogP contribution is -2.28. The first-order valence-electron chi connectivity index (χ1n) is 6.71. The summed E-state index contributed by atoms with van der Waals surface area (Å²) in [5.41, 5.74) is -0.449. The van der Waals surface area contributed by atoms with E-state index in [-0.39, 0.29) is 0 Å². The summed E-state index contributed by atoms with van der Waals surface area (Å²) in [6.45, 7) is 4.05. The molecule has 0 aromatic carbocycles. The molecule has 1 saturated carbocycles. The normalized spacial score (nSPS) is 27.3. The average Bonchev–Trinajstić information content (AvgIpc) is 3.05. The molecule has 0 bridgehead atoms. The van der Waals surface area contributed by atoms with E-state index >= 15 is 0 Å². The molecule has 0 amide bonds. The summed E-state index contributed by atoms with van der Waals surface area (Å²) in [5.74, 6) is 1.75. The van der Waals surface area contributed by atoms with Crippen LogP contribution in [0.5, 0.6) is 0 Å². The molecule has 3 atom stereocenters. The van der Waals surface area contributed by atoms with Crippen LogP contribution in [0.4, 0.5) is 0 Å². The highest BCUT2D eigenvalue weighted by Crippen LogP contribution is 2.35. The van der Waals surface area contributed by atoms with Gasteiger partial charge in [0.2, 0.25) is 11.7 Å². The summed E-state index contributed by atoms with van der Waals surface area (Å²) in [6, 6.07) is 0.453. The first kappa shape index (κ1) is 13.5. The third-order valence-corrected chi connectivity index (χ3v) is 4.24. The number of ether oxygens (including phenoxy) is 1. The van der Waals surface area contributed by atoms with Crippen LogP contribution in [0.25, 0.3) is 0 Å². The van der Waals surface area contributed by atoms with E-state index in [0.29, 0.717) is 17.8 Å². The van der Waals surface area contributed by atoms with Gasteiger partial charge < -0.3 is 14.6 Å². The Morgan fingerprint density at radius 3 is 2.89 bits per heavy atom. The van der Waals surface area contributed by atoms with Gasteiger partial charge in [-0.3, -0.25) is 0 Å². The summed E-state index contributed by atoms with van der Waals surface area (Å²) in [4.78, 5) is 4.56. The van der Waals surface area contributed by atoms with Crippen molar-refractivity contribution >= 4 is 0 Å². The van der Waals surface area contributed by atoms with Crippen LogP contribution < -0.4 is 5.32 Å².